The van der Waals surface area contributed by atoms with Gasteiger partial charge in [-0.15, -0.1) is 0 Å². The summed E-state index contributed by atoms with van der Waals surface area (Å²) in [6, 6.07) is 0.849. The molecule has 0 radical (unpaired) electrons. The van der Waals surface area contributed by atoms with Gasteiger partial charge in [-0.3, -0.25) is 9.80 Å². The summed E-state index contributed by atoms with van der Waals surface area (Å²) >= 11 is 0. The van der Waals surface area contributed by atoms with Crippen LogP contribution in [0, 0.1) is 5.41 Å². The quantitative estimate of drug-likeness (QED) is 0.729. The number of fused-ring (bicyclic) bond motifs is 1. The highest BCUT2D eigenvalue weighted by molar-refractivity contribution is 4.88. The summed E-state index contributed by atoms with van der Waals surface area (Å²) in [6.45, 7) is 12.0. The van der Waals surface area contributed by atoms with Crippen LogP contribution in [0.3, 0.4) is 0 Å². The standard InChI is InChI=1S/C14H28N2O/c1-14(2,6-10-17-3)12-15-8-9-16-7-4-5-13(16)11-15/h13H,4-12H2,1-3H3. The zero-order chi connectivity index (χ0) is 12.3. The molecular formula is C14H28N2O. The number of hydrogen-bond donors (Lipinski definition) is 0. The van der Waals surface area contributed by atoms with Crippen LogP contribution in [0.4, 0.5) is 0 Å². The average Bonchev–Trinajstić information content (AvgIpc) is 2.73. The maximum absolute atomic E-state index is 5.21. The van der Waals surface area contributed by atoms with E-state index in [4.69, 9.17) is 4.74 Å². The lowest BCUT2D eigenvalue weighted by atomic mass is 9.88. The van der Waals surface area contributed by atoms with E-state index in [1.807, 2.05) is 0 Å². The Bertz CT molecular complexity index is 242. The predicted molar refractivity (Wildman–Crippen MR) is 71.3 cm³/mol. The van der Waals surface area contributed by atoms with Crippen molar-refractivity contribution in [3.05, 3.63) is 0 Å². The summed E-state index contributed by atoms with van der Waals surface area (Å²) in [5.41, 5.74) is 0.386. The maximum atomic E-state index is 5.21. The van der Waals surface area contributed by atoms with E-state index in [9.17, 15) is 0 Å². The summed E-state index contributed by atoms with van der Waals surface area (Å²) in [6.07, 6.45) is 3.98. The van der Waals surface area contributed by atoms with Crippen LogP contribution in [0.2, 0.25) is 0 Å². The lowest BCUT2D eigenvalue weighted by Crippen LogP contribution is -2.52. The van der Waals surface area contributed by atoms with Crippen molar-refractivity contribution in [1.29, 1.82) is 0 Å². The van der Waals surface area contributed by atoms with Gasteiger partial charge < -0.3 is 4.74 Å². The van der Waals surface area contributed by atoms with Crippen LogP contribution in [0.5, 0.6) is 0 Å². The number of ether oxygens (including phenoxy) is 1. The second kappa shape index (κ2) is 5.68. The van der Waals surface area contributed by atoms with Gasteiger partial charge in [0.1, 0.15) is 0 Å². The van der Waals surface area contributed by atoms with Crippen LogP contribution >= 0.6 is 0 Å². The van der Waals surface area contributed by atoms with Crippen LogP contribution in [-0.2, 0) is 4.74 Å². The van der Waals surface area contributed by atoms with Gasteiger partial charge in [0.2, 0.25) is 0 Å². The topological polar surface area (TPSA) is 15.7 Å². The molecule has 0 aromatic rings. The Morgan fingerprint density at radius 3 is 2.82 bits per heavy atom. The molecule has 2 aliphatic heterocycles. The molecule has 0 amide bonds. The fourth-order valence-electron chi connectivity index (χ4n) is 3.26. The molecule has 2 rings (SSSR count). The minimum Gasteiger partial charge on any atom is -0.385 e. The first-order valence-electron chi connectivity index (χ1n) is 7.06. The first-order valence-corrected chi connectivity index (χ1v) is 7.06. The largest absolute Gasteiger partial charge is 0.385 e. The SMILES string of the molecule is COCCC(C)(C)CN1CCN2CCCC2C1. The molecule has 2 heterocycles. The molecule has 0 bridgehead atoms. The molecule has 0 saturated carbocycles. The summed E-state index contributed by atoms with van der Waals surface area (Å²) < 4.78 is 5.21. The smallest absolute Gasteiger partial charge is 0.0467 e. The first kappa shape index (κ1) is 13.3. The third kappa shape index (κ3) is 3.67. The van der Waals surface area contributed by atoms with Crippen LogP contribution in [0.25, 0.3) is 0 Å². The molecule has 1 atom stereocenters. The summed E-state index contributed by atoms with van der Waals surface area (Å²) in [7, 11) is 1.80. The van der Waals surface area contributed by atoms with Crippen molar-refractivity contribution in [2.45, 2.75) is 39.2 Å². The maximum Gasteiger partial charge on any atom is 0.0467 e. The molecule has 3 nitrogen and oxygen atoms in total. The van der Waals surface area contributed by atoms with E-state index in [2.05, 4.69) is 23.6 Å². The Kier molecular flexibility index (Phi) is 4.45. The van der Waals surface area contributed by atoms with E-state index < -0.39 is 0 Å². The van der Waals surface area contributed by atoms with Gasteiger partial charge in [0.15, 0.2) is 0 Å². The molecule has 3 heteroatoms. The lowest BCUT2D eigenvalue weighted by molar-refractivity contribution is 0.0609. The Labute approximate surface area is 106 Å². The number of nitrogens with zero attached hydrogens (tertiary/aromatic N) is 2. The average molecular weight is 240 g/mol. The van der Waals surface area contributed by atoms with Gasteiger partial charge in [-0.2, -0.15) is 0 Å². The van der Waals surface area contributed by atoms with Crippen molar-refractivity contribution in [2.75, 3.05) is 46.4 Å². The minimum absolute atomic E-state index is 0.386. The third-order valence-electron chi connectivity index (χ3n) is 4.31. The normalized spacial score (nSPS) is 27.4. The Hall–Kier alpha value is -0.120. The van der Waals surface area contributed by atoms with Crippen molar-refractivity contribution in [3.8, 4) is 0 Å². The van der Waals surface area contributed by atoms with Crippen LogP contribution in [0.1, 0.15) is 33.1 Å². The number of rotatable bonds is 5. The Balaban J connectivity index is 1.79. The van der Waals surface area contributed by atoms with E-state index in [0.717, 1.165) is 19.1 Å². The van der Waals surface area contributed by atoms with E-state index in [1.165, 1.54) is 45.6 Å². The van der Waals surface area contributed by atoms with Crippen molar-refractivity contribution in [2.24, 2.45) is 5.41 Å². The van der Waals surface area contributed by atoms with Gasteiger partial charge >= 0.3 is 0 Å². The Morgan fingerprint density at radius 2 is 2.06 bits per heavy atom. The molecule has 0 aliphatic carbocycles. The van der Waals surface area contributed by atoms with Crippen molar-refractivity contribution in [3.63, 3.8) is 0 Å². The minimum atomic E-state index is 0.386. The fraction of sp³-hybridized carbons (Fsp3) is 1.00. The highest BCUT2D eigenvalue weighted by atomic mass is 16.5. The predicted octanol–water partition coefficient (Wildman–Crippen LogP) is 1.83. The molecule has 2 aliphatic rings. The number of piperazine rings is 1. The zero-order valence-corrected chi connectivity index (χ0v) is 11.7. The molecule has 0 aromatic heterocycles. The van der Waals surface area contributed by atoms with Crippen LogP contribution < -0.4 is 0 Å². The number of methoxy groups -OCH3 is 1. The van der Waals surface area contributed by atoms with Gasteiger partial charge in [-0.1, -0.05) is 13.8 Å². The summed E-state index contributed by atoms with van der Waals surface area (Å²) in [4.78, 5) is 5.35. The van der Waals surface area contributed by atoms with E-state index in [-0.39, 0.29) is 0 Å². The van der Waals surface area contributed by atoms with Crippen molar-refractivity contribution >= 4 is 0 Å². The van der Waals surface area contributed by atoms with Gasteiger partial charge in [0.25, 0.3) is 0 Å². The molecule has 0 N–H and O–H groups in total. The van der Waals surface area contributed by atoms with E-state index >= 15 is 0 Å². The molecule has 100 valence electrons. The fourth-order valence-corrected chi connectivity index (χ4v) is 3.26. The van der Waals surface area contributed by atoms with Gasteiger partial charge in [-0.05, 0) is 31.2 Å². The second-order valence-electron chi connectivity index (χ2n) is 6.47. The Morgan fingerprint density at radius 1 is 1.24 bits per heavy atom. The van der Waals surface area contributed by atoms with E-state index in [0.29, 0.717) is 5.41 Å². The van der Waals surface area contributed by atoms with Gasteiger partial charge in [0.05, 0.1) is 0 Å². The molecule has 0 spiro atoms. The first-order chi connectivity index (χ1) is 8.11. The van der Waals surface area contributed by atoms with Gasteiger partial charge in [-0.25, -0.2) is 0 Å². The molecule has 2 fully saturated rings. The van der Waals surface area contributed by atoms with Gasteiger partial charge in [0, 0.05) is 45.9 Å². The highest BCUT2D eigenvalue weighted by Gasteiger charge is 2.32. The summed E-state index contributed by atoms with van der Waals surface area (Å²) in [5.74, 6) is 0. The highest BCUT2D eigenvalue weighted by Crippen LogP contribution is 2.26. The van der Waals surface area contributed by atoms with Crippen molar-refractivity contribution < 1.29 is 4.74 Å². The summed E-state index contributed by atoms with van der Waals surface area (Å²) in [5, 5.41) is 0. The molecule has 1 unspecified atom stereocenters. The number of hydrogen-bond acceptors (Lipinski definition) is 3. The van der Waals surface area contributed by atoms with Crippen LogP contribution in [-0.4, -0.2) is 62.3 Å². The third-order valence-corrected chi connectivity index (χ3v) is 4.31. The second-order valence-corrected chi connectivity index (χ2v) is 6.47. The van der Waals surface area contributed by atoms with E-state index in [1.54, 1.807) is 7.11 Å². The zero-order valence-electron chi connectivity index (χ0n) is 11.7. The van der Waals surface area contributed by atoms with Crippen LogP contribution in [0.15, 0.2) is 0 Å². The monoisotopic (exact) mass is 240 g/mol. The molecule has 2 saturated heterocycles. The molecular weight excluding hydrogens is 212 g/mol. The lowest BCUT2D eigenvalue weighted by Gasteiger charge is -2.41. The van der Waals surface area contributed by atoms with Crippen molar-refractivity contribution in [1.82, 2.24) is 9.80 Å². The molecule has 0 aromatic carbocycles. The molecule has 17 heavy (non-hydrogen) atoms.